The number of nitrogens with one attached hydrogen (secondary N) is 1. The van der Waals surface area contributed by atoms with Crippen molar-refractivity contribution in [2.75, 3.05) is 25.1 Å². The zero-order valence-electron chi connectivity index (χ0n) is 12.7. The van der Waals surface area contributed by atoms with E-state index in [1.54, 1.807) is 0 Å². The van der Waals surface area contributed by atoms with Crippen LogP contribution in [-0.4, -0.2) is 50.8 Å². The molecule has 2 rings (SSSR count). The molecule has 128 valence electrons. The van der Waals surface area contributed by atoms with Crippen LogP contribution >= 0.6 is 0 Å². The van der Waals surface area contributed by atoms with Crippen LogP contribution in [0.5, 0.6) is 0 Å². The van der Waals surface area contributed by atoms with Gasteiger partial charge in [0, 0.05) is 13.2 Å². The number of aliphatic hydroxyl groups excluding tert-OH is 1. The molecule has 0 radical (unpaired) electrons. The average molecular weight is 333 g/mol. The van der Waals surface area contributed by atoms with Crippen molar-refractivity contribution < 1.29 is 23.0 Å². The van der Waals surface area contributed by atoms with Crippen molar-refractivity contribution in [2.24, 2.45) is 5.92 Å². The van der Waals surface area contributed by atoms with Gasteiger partial charge in [-0.05, 0) is 18.1 Å². The minimum atomic E-state index is -4.64. The molecule has 0 saturated heterocycles. The number of rotatable bonds is 7. The molecule has 0 fully saturated rings. The summed E-state index contributed by atoms with van der Waals surface area (Å²) in [6.07, 6.45) is -5.44. The third-order valence-corrected chi connectivity index (χ3v) is 2.80. The summed E-state index contributed by atoms with van der Waals surface area (Å²) < 4.78 is 44.2. The third-order valence-electron chi connectivity index (χ3n) is 2.80. The first kappa shape index (κ1) is 17.4. The van der Waals surface area contributed by atoms with Crippen molar-refractivity contribution in [1.29, 1.82) is 0 Å². The Labute approximate surface area is 130 Å². The van der Waals surface area contributed by atoms with Gasteiger partial charge in [0.1, 0.15) is 5.82 Å². The van der Waals surface area contributed by atoms with Gasteiger partial charge in [-0.3, -0.25) is 0 Å². The maximum Gasteiger partial charge on any atom is 0.453 e. The van der Waals surface area contributed by atoms with Gasteiger partial charge in [0.25, 0.3) is 5.82 Å². The second kappa shape index (κ2) is 7.09. The smallest absolute Gasteiger partial charge is 0.389 e. The zero-order chi connectivity index (χ0) is 17.0. The van der Waals surface area contributed by atoms with Crippen molar-refractivity contribution in [2.45, 2.75) is 26.1 Å². The van der Waals surface area contributed by atoms with Gasteiger partial charge < -0.3 is 15.2 Å². The highest BCUT2D eigenvalue weighted by molar-refractivity contribution is 5.44. The maximum absolute atomic E-state index is 12.8. The second-order valence-electron chi connectivity index (χ2n) is 5.48. The molecule has 10 heteroatoms. The summed E-state index contributed by atoms with van der Waals surface area (Å²) >= 11 is 0. The van der Waals surface area contributed by atoms with E-state index in [2.05, 4.69) is 20.6 Å². The van der Waals surface area contributed by atoms with E-state index in [-0.39, 0.29) is 24.6 Å². The van der Waals surface area contributed by atoms with Gasteiger partial charge in [0.15, 0.2) is 5.65 Å². The molecular formula is C13H18F3N5O2. The highest BCUT2D eigenvalue weighted by Gasteiger charge is 2.37. The predicted octanol–water partition coefficient (Wildman–Crippen LogP) is 1.59. The molecule has 0 aliphatic carbocycles. The SMILES string of the molecule is CC(C)COC[C@H](O)CNc1ccc2nnc(C(F)(F)F)n2n1. The van der Waals surface area contributed by atoms with Crippen LogP contribution in [0.25, 0.3) is 5.65 Å². The van der Waals surface area contributed by atoms with E-state index in [9.17, 15) is 18.3 Å². The Balaban J connectivity index is 1.98. The summed E-state index contributed by atoms with van der Waals surface area (Å²) in [6, 6.07) is 2.82. The number of hydrogen-bond donors (Lipinski definition) is 2. The lowest BCUT2D eigenvalue weighted by Crippen LogP contribution is -2.26. The predicted molar refractivity (Wildman–Crippen MR) is 75.9 cm³/mol. The highest BCUT2D eigenvalue weighted by Crippen LogP contribution is 2.27. The minimum absolute atomic E-state index is 0.0105. The molecule has 0 bridgehead atoms. The molecule has 2 N–H and O–H groups in total. The van der Waals surface area contributed by atoms with E-state index in [0.717, 1.165) is 0 Å². The first-order valence-corrected chi connectivity index (χ1v) is 7.06. The van der Waals surface area contributed by atoms with Crippen LogP contribution in [0.2, 0.25) is 0 Å². The standard InChI is InChI=1S/C13H18F3N5O2/c1-8(2)6-23-7-9(22)5-17-10-3-4-11-18-19-12(13(14,15)16)21(11)20-10/h3-4,8-9,22H,5-7H2,1-2H3,(H,17,20)/t9-/m1/s1. The summed E-state index contributed by atoms with van der Waals surface area (Å²) in [6.45, 7) is 4.73. The number of hydrogen-bond acceptors (Lipinski definition) is 6. The topological polar surface area (TPSA) is 84.6 Å². The molecule has 23 heavy (non-hydrogen) atoms. The molecule has 2 aromatic heterocycles. The zero-order valence-corrected chi connectivity index (χ0v) is 12.7. The number of ether oxygens (including phenoxy) is 1. The third kappa shape index (κ3) is 4.76. The quantitative estimate of drug-likeness (QED) is 0.800. The first-order valence-electron chi connectivity index (χ1n) is 7.06. The van der Waals surface area contributed by atoms with Gasteiger partial charge in [-0.15, -0.1) is 15.3 Å². The van der Waals surface area contributed by atoms with E-state index in [1.807, 2.05) is 13.8 Å². The van der Waals surface area contributed by atoms with Crippen molar-refractivity contribution in [3.63, 3.8) is 0 Å². The number of anilines is 1. The molecule has 2 heterocycles. The summed E-state index contributed by atoms with van der Waals surface area (Å²) in [5, 5.41) is 22.8. The van der Waals surface area contributed by atoms with E-state index in [4.69, 9.17) is 4.74 Å². The van der Waals surface area contributed by atoms with Gasteiger partial charge in [-0.2, -0.15) is 17.7 Å². The van der Waals surface area contributed by atoms with Crippen LogP contribution in [0.3, 0.4) is 0 Å². The molecule has 2 aromatic rings. The Morgan fingerprint density at radius 1 is 1.26 bits per heavy atom. The fourth-order valence-electron chi connectivity index (χ4n) is 1.78. The fraction of sp³-hybridized carbons (Fsp3) is 0.615. The number of alkyl halides is 3. The van der Waals surface area contributed by atoms with Crippen LogP contribution < -0.4 is 5.32 Å². The fourth-order valence-corrected chi connectivity index (χ4v) is 1.78. The monoisotopic (exact) mass is 333 g/mol. The van der Waals surface area contributed by atoms with Crippen molar-refractivity contribution >= 4 is 11.5 Å². The first-order chi connectivity index (χ1) is 10.8. The minimum Gasteiger partial charge on any atom is -0.389 e. The molecule has 0 aliphatic heterocycles. The number of aromatic nitrogens is 4. The van der Waals surface area contributed by atoms with E-state index >= 15 is 0 Å². The van der Waals surface area contributed by atoms with Gasteiger partial charge in [-0.1, -0.05) is 13.8 Å². The lowest BCUT2D eigenvalue weighted by molar-refractivity contribution is -0.146. The van der Waals surface area contributed by atoms with Crippen LogP contribution in [0, 0.1) is 5.92 Å². The summed E-state index contributed by atoms with van der Waals surface area (Å²) in [5.74, 6) is -0.670. The Hall–Kier alpha value is -1.94. The maximum atomic E-state index is 12.8. The second-order valence-corrected chi connectivity index (χ2v) is 5.48. The Bertz CT molecular complexity index is 644. The number of halogens is 3. The molecule has 0 aromatic carbocycles. The van der Waals surface area contributed by atoms with Gasteiger partial charge in [0.05, 0.1) is 12.7 Å². The van der Waals surface area contributed by atoms with Crippen LogP contribution in [0.1, 0.15) is 19.7 Å². The largest absolute Gasteiger partial charge is 0.453 e. The van der Waals surface area contributed by atoms with Crippen molar-refractivity contribution in [3.8, 4) is 0 Å². The molecule has 0 saturated carbocycles. The summed E-state index contributed by atoms with van der Waals surface area (Å²) in [5.41, 5.74) is -0.0105. The van der Waals surface area contributed by atoms with E-state index in [1.165, 1.54) is 12.1 Å². The van der Waals surface area contributed by atoms with E-state index in [0.29, 0.717) is 17.0 Å². The molecule has 0 unspecified atom stereocenters. The average Bonchev–Trinajstić information content (AvgIpc) is 2.87. The van der Waals surface area contributed by atoms with Crippen LogP contribution in [-0.2, 0) is 10.9 Å². The highest BCUT2D eigenvalue weighted by atomic mass is 19.4. The summed E-state index contributed by atoms with van der Waals surface area (Å²) in [4.78, 5) is 0. The number of aliphatic hydroxyl groups is 1. The number of fused-ring (bicyclic) bond motifs is 1. The van der Waals surface area contributed by atoms with Crippen molar-refractivity contribution in [3.05, 3.63) is 18.0 Å². The molecule has 0 spiro atoms. The Morgan fingerprint density at radius 2 is 2.00 bits per heavy atom. The van der Waals surface area contributed by atoms with E-state index < -0.39 is 18.1 Å². The van der Waals surface area contributed by atoms with Crippen LogP contribution in [0.4, 0.5) is 19.0 Å². The Kier molecular flexibility index (Phi) is 5.37. The summed E-state index contributed by atoms with van der Waals surface area (Å²) in [7, 11) is 0. The lowest BCUT2D eigenvalue weighted by Gasteiger charge is -2.14. The molecule has 1 atom stereocenters. The van der Waals surface area contributed by atoms with Gasteiger partial charge in [-0.25, -0.2) is 0 Å². The Morgan fingerprint density at radius 3 is 2.65 bits per heavy atom. The molecular weight excluding hydrogens is 315 g/mol. The van der Waals surface area contributed by atoms with Gasteiger partial charge >= 0.3 is 6.18 Å². The number of nitrogens with zero attached hydrogens (tertiary/aromatic N) is 4. The molecule has 7 nitrogen and oxygen atoms in total. The lowest BCUT2D eigenvalue weighted by atomic mass is 10.2. The normalized spacial score (nSPS) is 13.7. The van der Waals surface area contributed by atoms with Crippen LogP contribution in [0.15, 0.2) is 12.1 Å². The molecule has 0 aliphatic rings. The molecule has 0 amide bonds. The van der Waals surface area contributed by atoms with Gasteiger partial charge in [0.2, 0.25) is 0 Å². The van der Waals surface area contributed by atoms with Crippen molar-refractivity contribution in [1.82, 2.24) is 19.8 Å².